The summed E-state index contributed by atoms with van der Waals surface area (Å²) in [6.45, 7) is 6.19. The number of likely N-dealkylation sites (N-methyl/N-ethyl adjacent to an activating group) is 1. The summed E-state index contributed by atoms with van der Waals surface area (Å²) in [6, 6.07) is 3.14. The number of carbonyl (C=O) groups excluding carboxylic acids is 2. The molecule has 1 aromatic rings. The van der Waals surface area contributed by atoms with E-state index in [1.807, 2.05) is 13.8 Å². The Labute approximate surface area is 146 Å². The fraction of sp³-hybridized carbons (Fsp3) is 0.556. The van der Waals surface area contributed by atoms with E-state index in [1.165, 1.54) is 4.90 Å². The molecule has 2 rings (SSSR count). The van der Waals surface area contributed by atoms with Crippen molar-refractivity contribution < 1.29 is 18.4 Å². The van der Waals surface area contributed by atoms with Gasteiger partial charge in [0.15, 0.2) is 0 Å². The van der Waals surface area contributed by atoms with Crippen LogP contribution in [0.25, 0.3) is 0 Å². The average molecular weight is 353 g/mol. The van der Waals surface area contributed by atoms with Gasteiger partial charge in [-0.15, -0.1) is 0 Å². The highest BCUT2D eigenvalue weighted by Crippen LogP contribution is 2.20. The number of carbonyl (C=O) groups is 2. The first-order valence-electron chi connectivity index (χ1n) is 8.67. The average Bonchev–Trinajstić information content (AvgIpc) is 2.59. The Hall–Kier alpha value is -2.02. The van der Waals surface area contributed by atoms with Gasteiger partial charge in [-0.25, -0.2) is 8.78 Å². The first kappa shape index (κ1) is 19.3. The summed E-state index contributed by atoms with van der Waals surface area (Å²) in [7, 11) is 0. The number of halogens is 2. The van der Waals surface area contributed by atoms with Crippen LogP contribution < -0.4 is 10.6 Å². The lowest BCUT2D eigenvalue weighted by Crippen LogP contribution is -2.45. The number of nitrogens with one attached hydrogen (secondary N) is 2. The van der Waals surface area contributed by atoms with Crippen LogP contribution in [0, 0.1) is 17.6 Å². The lowest BCUT2D eigenvalue weighted by Gasteiger charge is -2.31. The molecule has 0 bridgehead atoms. The number of amides is 2. The Morgan fingerprint density at radius 2 is 1.96 bits per heavy atom. The largest absolute Gasteiger partial charge is 0.354 e. The summed E-state index contributed by atoms with van der Waals surface area (Å²) in [4.78, 5) is 26.1. The summed E-state index contributed by atoms with van der Waals surface area (Å²) in [6.07, 6.45) is 1.08. The molecule has 0 unspecified atom stereocenters. The van der Waals surface area contributed by atoms with Crippen molar-refractivity contribution >= 4 is 11.8 Å². The molecule has 1 aliphatic rings. The van der Waals surface area contributed by atoms with Crippen LogP contribution in [0.3, 0.4) is 0 Å². The predicted octanol–water partition coefficient (Wildman–Crippen LogP) is 1.93. The van der Waals surface area contributed by atoms with Gasteiger partial charge in [-0.05, 0) is 38.4 Å². The first-order chi connectivity index (χ1) is 11.9. The van der Waals surface area contributed by atoms with E-state index in [1.54, 1.807) is 0 Å². The van der Waals surface area contributed by atoms with E-state index >= 15 is 0 Å². The zero-order chi connectivity index (χ0) is 18.4. The molecule has 1 saturated heterocycles. The van der Waals surface area contributed by atoms with E-state index in [-0.39, 0.29) is 23.4 Å². The Kier molecular flexibility index (Phi) is 6.87. The molecule has 5 nitrogen and oxygen atoms in total. The van der Waals surface area contributed by atoms with E-state index in [9.17, 15) is 18.4 Å². The molecule has 25 heavy (non-hydrogen) atoms. The van der Waals surface area contributed by atoms with Crippen LogP contribution in [0.1, 0.15) is 37.0 Å². The third-order valence-electron chi connectivity index (χ3n) is 4.45. The number of nitrogens with zero attached hydrogens (tertiary/aromatic N) is 1. The summed E-state index contributed by atoms with van der Waals surface area (Å²) in [5.74, 6) is -2.18. The van der Waals surface area contributed by atoms with Gasteiger partial charge in [-0.2, -0.15) is 0 Å². The molecule has 0 spiro atoms. The minimum atomic E-state index is -0.859. The molecular weight excluding hydrogens is 328 g/mol. The second kappa shape index (κ2) is 8.89. The third kappa shape index (κ3) is 5.22. The fourth-order valence-electron chi connectivity index (χ4n) is 3.00. The van der Waals surface area contributed by atoms with Gasteiger partial charge >= 0.3 is 0 Å². The van der Waals surface area contributed by atoms with Crippen molar-refractivity contribution in [2.75, 3.05) is 26.2 Å². The Morgan fingerprint density at radius 1 is 1.28 bits per heavy atom. The van der Waals surface area contributed by atoms with E-state index in [2.05, 4.69) is 10.6 Å². The Bertz CT molecular complexity index is 616. The van der Waals surface area contributed by atoms with Gasteiger partial charge in [-0.1, -0.05) is 6.92 Å². The zero-order valence-corrected chi connectivity index (χ0v) is 14.6. The summed E-state index contributed by atoms with van der Waals surface area (Å²) in [5, 5.41) is 6.14. The topological polar surface area (TPSA) is 61.4 Å². The van der Waals surface area contributed by atoms with Gasteiger partial charge in [0.2, 0.25) is 5.91 Å². The van der Waals surface area contributed by atoms with Crippen LogP contribution in [-0.4, -0.2) is 48.9 Å². The van der Waals surface area contributed by atoms with Crippen molar-refractivity contribution in [1.82, 2.24) is 15.5 Å². The molecule has 1 aromatic carbocycles. The molecule has 0 radical (unpaired) electrons. The van der Waals surface area contributed by atoms with Crippen LogP contribution in [-0.2, 0) is 4.79 Å². The molecule has 0 aromatic heterocycles. The number of likely N-dealkylation sites (tertiary alicyclic amines) is 1. The van der Waals surface area contributed by atoms with E-state index in [4.69, 9.17) is 0 Å². The maximum Gasteiger partial charge on any atom is 0.256 e. The number of hydrogen-bond acceptors (Lipinski definition) is 3. The summed E-state index contributed by atoms with van der Waals surface area (Å²) < 4.78 is 26.7. The van der Waals surface area contributed by atoms with Gasteiger partial charge in [-0.3, -0.25) is 9.59 Å². The van der Waals surface area contributed by atoms with E-state index in [0.29, 0.717) is 38.5 Å². The molecule has 2 amide bonds. The highest BCUT2D eigenvalue weighted by molar-refractivity contribution is 5.94. The van der Waals surface area contributed by atoms with Crippen molar-refractivity contribution in [1.29, 1.82) is 0 Å². The normalized spacial score (nSPS) is 16.6. The van der Waals surface area contributed by atoms with Crippen molar-refractivity contribution in [3.05, 3.63) is 35.4 Å². The molecule has 1 fully saturated rings. The zero-order valence-electron chi connectivity index (χ0n) is 14.6. The predicted molar refractivity (Wildman–Crippen MR) is 91.1 cm³/mol. The molecule has 1 atom stereocenters. The van der Waals surface area contributed by atoms with E-state index < -0.39 is 17.5 Å². The van der Waals surface area contributed by atoms with Crippen LogP contribution >= 0.6 is 0 Å². The molecule has 2 N–H and O–H groups in total. The SMILES string of the molecule is CCN[C@H](C)CNC(=O)C1CCN(C(=O)c2ccc(F)cc2F)CC1. The molecule has 138 valence electrons. The number of piperidine rings is 1. The molecule has 1 heterocycles. The van der Waals surface area contributed by atoms with Crippen LogP contribution in [0.2, 0.25) is 0 Å². The molecular formula is C18H25F2N3O2. The quantitative estimate of drug-likeness (QED) is 0.822. The van der Waals surface area contributed by atoms with Gasteiger partial charge in [0, 0.05) is 37.7 Å². The fourth-order valence-corrected chi connectivity index (χ4v) is 3.00. The van der Waals surface area contributed by atoms with Crippen LogP contribution in [0.5, 0.6) is 0 Å². The smallest absolute Gasteiger partial charge is 0.256 e. The first-order valence-corrected chi connectivity index (χ1v) is 8.67. The molecule has 0 aliphatic carbocycles. The summed E-state index contributed by atoms with van der Waals surface area (Å²) in [5.41, 5.74) is -0.135. The highest BCUT2D eigenvalue weighted by Gasteiger charge is 2.28. The lowest BCUT2D eigenvalue weighted by atomic mass is 9.95. The van der Waals surface area contributed by atoms with Gasteiger partial charge in [0.1, 0.15) is 11.6 Å². The monoisotopic (exact) mass is 353 g/mol. The van der Waals surface area contributed by atoms with Crippen molar-refractivity contribution in [3.63, 3.8) is 0 Å². The van der Waals surface area contributed by atoms with Crippen LogP contribution in [0.4, 0.5) is 8.78 Å². The van der Waals surface area contributed by atoms with Crippen molar-refractivity contribution in [3.8, 4) is 0 Å². The molecule has 7 heteroatoms. The lowest BCUT2D eigenvalue weighted by molar-refractivity contribution is -0.126. The number of hydrogen-bond donors (Lipinski definition) is 2. The van der Waals surface area contributed by atoms with Crippen molar-refractivity contribution in [2.24, 2.45) is 5.92 Å². The molecule has 1 aliphatic heterocycles. The van der Waals surface area contributed by atoms with Gasteiger partial charge < -0.3 is 15.5 Å². The van der Waals surface area contributed by atoms with Gasteiger partial charge in [0.25, 0.3) is 5.91 Å². The standard InChI is InChI=1S/C18H25F2N3O2/c1-3-21-12(2)11-22-17(24)13-6-8-23(9-7-13)18(25)15-5-4-14(19)10-16(15)20/h4-5,10,12-13,21H,3,6-9,11H2,1-2H3,(H,22,24)/t12-/m1/s1. The molecule has 0 saturated carbocycles. The van der Waals surface area contributed by atoms with Gasteiger partial charge in [0.05, 0.1) is 5.56 Å². The Balaban J connectivity index is 1.84. The maximum absolute atomic E-state index is 13.7. The van der Waals surface area contributed by atoms with E-state index in [0.717, 1.165) is 18.7 Å². The van der Waals surface area contributed by atoms with Crippen molar-refractivity contribution in [2.45, 2.75) is 32.7 Å². The Morgan fingerprint density at radius 3 is 2.56 bits per heavy atom. The maximum atomic E-state index is 13.7. The second-order valence-corrected chi connectivity index (χ2v) is 6.39. The highest BCUT2D eigenvalue weighted by atomic mass is 19.1. The third-order valence-corrected chi connectivity index (χ3v) is 4.45. The minimum Gasteiger partial charge on any atom is -0.354 e. The van der Waals surface area contributed by atoms with Crippen LogP contribution in [0.15, 0.2) is 18.2 Å². The number of benzene rings is 1. The second-order valence-electron chi connectivity index (χ2n) is 6.39. The summed E-state index contributed by atoms with van der Waals surface area (Å²) >= 11 is 0. The number of rotatable bonds is 6. The minimum absolute atomic E-state index is 0.00943.